The van der Waals surface area contributed by atoms with Crippen LogP contribution in [0.2, 0.25) is 0 Å². The Kier molecular flexibility index (Phi) is 35.7. The summed E-state index contributed by atoms with van der Waals surface area (Å²) < 4.78 is 45.8. The summed E-state index contributed by atoms with van der Waals surface area (Å²) in [6, 6.07) is 71.3. The van der Waals surface area contributed by atoms with Gasteiger partial charge in [0.2, 0.25) is 17.7 Å². The lowest BCUT2D eigenvalue weighted by atomic mass is 10.1. The van der Waals surface area contributed by atoms with Crippen LogP contribution < -0.4 is 26.6 Å². The van der Waals surface area contributed by atoms with Crippen molar-refractivity contribution in [3.63, 3.8) is 0 Å². The number of amides is 5. The summed E-state index contributed by atoms with van der Waals surface area (Å²) in [4.78, 5) is 131. The van der Waals surface area contributed by atoms with Crippen LogP contribution in [0.5, 0.6) is 0 Å². The molecule has 0 aromatic heterocycles. The first-order valence-corrected chi connectivity index (χ1v) is 50.5. The van der Waals surface area contributed by atoms with Gasteiger partial charge in [-0.05, 0) is 208 Å². The Bertz CT molecular complexity index is 5840. The number of aliphatic carboxylic acids is 2. The lowest BCUT2D eigenvalue weighted by Crippen LogP contribution is -2.52. The molecule has 9 aromatic carbocycles. The van der Waals surface area contributed by atoms with Gasteiger partial charge in [-0.1, -0.05) is 299 Å². The van der Waals surface area contributed by atoms with E-state index in [0.717, 1.165) is 78.6 Å². The van der Waals surface area contributed by atoms with Crippen LogP contribution >= 0.6 is 0 Å². The van der Waals surface area contributed by atoms with E-state index in [1.165, 1.54) is 32.3 Å². The number of hydrogen-bond donors (Lipinski definition) is 7. The van der Waals surface area contributed by atoms with E-state index in [-0.39, 0.29) is 121 Å². The lowest BCUT2D eigenvalue weighted by Gasteiger charge is -2.25. The average Bonchev–Trinajstić information content (AvgIpc) is 1.59. The highest BCUT2D eigenvalue weighted by molar-refractivity contribution is 5.96. The molecule has 0 radical (unpaired) electrons. The number of esters is 3. The van der Waals surface area contributed by atoms with E-state index < -0.39 is 63.0 Å². The van der Waals surface area contributed by atoms with Gasteiger partial charge in [0.15, 0.2) is 0 Å². The van der Waals surface area contributed by atoms with E-state index in [0.29, 0.717) is 90.8 Å². The van der Waals surface area contributed by atoms with E-state index >= 15 is 0 Å². The van der Waals surface area contributed by atoms with Crippen molar-refractivity contribution in [2.75, 3.05) is 39.8 Å². The third-order valence-electron chi connectivity index (χ3n) is 29.0. The normalized spacial score (nSPS) is 26.0. The van der Waals surface area contributed by atoms with Gasteiger partial charge in [-0.15, -0.1) is 0 Å². The van der Waals surface area contributed by atoms with Crippen molar-refractivity contribution in [3.05, 3.63) is 252 Å². The monoisotopic (exact) mass is 1950 g/mol. The molecular weight excluding hydrogens is 1800 g/mol. The first-order chi connectivity index (χ1) is 68.0. The van der Waals surface area contributed by atoms with Crippen LogP contribution in [0.1, 0.15) is 207 Å². The molecule has 8 fully saturated rings. The van der Waals surface area contributed by atoms with E-state index in [2.05, 4.69) is 122 Å². The number of carboxylic acids is 2. The Balaban J connectivity index is 0.000000153. The summed E-state index contributed by atoms with van der Waals surface area (Å²) in [6.45, 7) is 30.3. The van der Waals surface area contributed by atoms with Crippen LogP contribution in [-0.4, -0.2) is 200 Å². The molecular formula is C114H144N8O20. The van der Waals surface area contributed by atoms with Crippen molar-refractivity contribution < 1.29 is 96.1 Å². The summed E-state index contributed by atoms with van der Waals surface area (Å²) in [7, 11) is 1.94. The number of nitrogens with one attached hydrogen (secondary N) is 5. The molecule has 142 heavy (non-hydrogen) atoms. The molecule has 5 amide bonds. The fourth-order valence-electron chi connectivity index (χ4n) is 20.3. The summed E-state index contributed by atoms with van der Waals surface area (Å²) in [5.74, 6) is -3.04. The Morgan fingerprint density at radius 2 is 0.585 bits per heavy atom. The SMILES string of the molecule is CCC1CC1(NC(=O)OC(C)(C)C)C(=O)O.CCC1CC1(NC(=O)OC(C)(C)C)C(=O)OCc1ccccc1.CC[C@H]1C[C@]1(NC(=O)[C@@H]1C[C@@H](OCc2cccc3ccccc23)CN1C)C(=O)OCc1ccccc1.CC[C@H]1C[C@]1(NC(=O)[C@@H]1C[C@@H](OCc2cccc3ccccc23)CN1CC)C(=O)O.CC[C@H]1C[C@]1(NC(=O)[C@@H]1C[C@@H](OCc2cccc3ccccc23)CN1CC)C(=O)OCc1ccccc1. The first-order valence-electron chi connectivity index (χ1n) is 50.5. The number of carbonyl (C=O) groups excluding carboxylic acids is 8. The van der Waals surface area contributed by atoms with Crippen LogP contribution in [0, 0.1) is 29.6 Å². The summed E-state index contributed by atoms with van der Waals surface area (Å²) in [5.41, 5.74) is 0.0652. The largest absolute Gasteiger partial charge is 0.479 e. The Morgan fingerprint density at radius 1 is 0.324 bits per heavy atom. The topological polar surface area (TPSA) is 355 Å². The van der Waals surface area contributed by atoms with E-state index in [4.69, 9.17) is 43.0 Å². The maximum absolute atomic E-state index is 13.5. The zero-order valence-electron chi connectivity index (χ0n) is 84.7. The highest BCUT2D eigenvalue weighted by Gasteiger charge is 2.66. The number of rotatable bonds is 35. The zero-order valence-corrected chi connectivity index (χ0v) is 84.7. The number of nitrogens with zero attached hydrogens (tertiary/aromatic N) is 3. The Hall–Kier alpha value is -12.2. The fraction of sp³-hybridized carbons (Fsp3) is 0.491. The van der Waals surface area contributed by atoms with Crippen molar-refractivity contribution in [1.82, 2.24) is 41.3 Å². The zero-order chi connectivity index (χ0) is 102. The van der Waals surface area contributed by atoms with Crippen molar-refractivity contribution in [2.45, 2.75) is 288 Å². The molecule has 0 bridgehead atoms. The number of hydrogen-bond acceptors (Lipinski definition) is 21. The quantitative estimate of drug-likeness (QED) is 0.0143. The van der Waals surface area contributed by atoms with Gasteiger partial charge in [0.25, 0.3) is 0 Å². The second kappa shape index (κ2) is 47.4. The van der Waals surface area contributed by atoms with Crippen molar-refractivity contribution in [3.8, 4) is 0 Å². The third-order valence-corrected chi connectivity index (χ3v) is 29.0. The highest BCUT2D eigenvalue weighted by atomic mass is 16.6. The van der Waals surface area contributed by atoms with E-state index in [1.807, 2.05) is 193 Å². The van der Waals surface area contributed by atoms with Gasteiger partial charge >= 0.3 is 42.0 Å². The summed E-state index contributed by atoms with van der Waals surface area (Å²) in [5, 5.41) is 40.1. The van der Waals surface area contributed by atoms with Gasteiger partial charge in [-0.25, -0.2) is 33.6 Å². The number of alkyl carbamates (subject to hydrolysis) is 2. The smallest absolute Gasteiger partial charge is 0.408 e. The van der Waals surface area contributed by atoms with Crippen LogP contribution in [0.4, 0.5) is 9.59 Å². The number of likely N-dealkylation sites (N-methyl/N-ethyl adjacent to an activating group) is 3. The molecule has 5 saturated carbocycles. The number of carbonyl (C=O) groups is 10. The minimum absolute atomic E-state index is 0.0116. The maximum atomic E-state index is 13.5. The van der Waals surface area contributed by atoms with Gasteiger partial charge in [-0.2, -0.15) is 0 Å². The third kappa shape index (κ3) is 26.8. The maximum Gasteiger partial charge on any atom is 0.408 e. The van der Waals surface area contributed by atoms with Gasteiger partial charge in [0.05, 0.1) is 56.3 Å². The first kappa shape index (κ1) is 107. The van der Waals surface area contributed by atoms with Gasteiger partial charge in [0.1, 0.15) is 58.7 Å². The average molecular weight is 1950 g/mol. The van der Waals surface area contributed by atoms with Crippen LogP contribution in [0.3, 0.4) is 0 Å². The fourth-order valence-corrected chi connectivity index (χ4v) is 20.3. The molecule has 8 aliphatic rings. The minimum Gasteiger partial charge on any atom is -0.479 e. The second-order valence-electron chi connectivity index (χ2n) is 41.0. The Labute approximate surface area is 834 Å². The predicted molar refractivity (Wildman–Crippen MR) is 543 cm³/mol. The van der Waals surface area contributed by atoms with Crippen molar-refractivity contribution in [2.24, 2.45) is 29.6 Å². The molecule has 0 spiro atoms. The molecule has 16 atom stereocenters. The number of likely N-dealkylation sites (tertiary alicyclic amines) is 3. The summed E-state index contributed by atoms with van der Waals surface area (Å²) in [6.07, 6.45) is 7.18. The molecule has 9 aromatic rings. The molecule has 5 aliphatic carbocycles. The van der Waals surface area contributed by atoms with Gasteiger partial charge in [-0.3, -0.25) is 29.1 Å². The van der Waals surface area contributed by atoms with Crippen LogP contribution in [0.25, 0.3) is 32.3 Å². The van der Waals surface area contributed by atoms with Crippen LogP contribution in [-0.2, 0) is 116 Å². The molecule has 28 heteroatoms. The highest BCUT2D eigenvalue weighted by Crippen LogP contribution is 2.51. The molecule has 760 valence electrons. The minimum atomic E-state index is -1.10. The van der Waals surface area contributed by atoms with Crippen LogP contribution in [0.15, 0.2) is 218 Å². The Morgan fingerprint density at radius 3 is 0.887 bits per heavy atom. The number of ether oxygens (including phenoxy) is 8. The lowest BCUT2D eigenvalue weighted by molar-refractivity contribution is -0.152. The number of fused-ring (bicyclic) bond motifs is 3. The molecule has 3 saturated heterocycles. The molecule has 17 rings (SSSR count). The molecule has 3 aliphatic heterocycles. The van der Waals surface area contributed by atoms with Gasteiger partial charge < -0.3 is 74.7 Å². The summed E-state index contributed by atoms with van der Waals surface area (Å²) >= 11 is 0. The van der Waals surface area contributed by atoms with E-state index in [9.17, 15) is 53.1 Å². The van der Waals surface area contributed by atoms with Gasteiger partial charge in [0, 0.05) is 19.6 Å². The van der Waals surface area contributed by atoms with Crippen molar-refractivity contribution >= 4 is 92.1 Å². The predicted octanol–water partition coefficient (Wildman–Crippen LogP) is 17.7. The standard InChI is InChI=1S/C31H36N2O4.C30H34N2O4.C24H30N2O4.C18H25NO4.C11H19NO4/c1-3-25-18-31(25,30(35)37-20-22-11-6-5-7-12-22)32-29(34)28-17-26(19-33(28)4-2)36-21-24-15-10-14-23-13-8-9-16-27(23)24;1-3-24-17-30(24,29(34)36-19-21-10-5-4-6-11-21)31-28(33)27-16-25(18-32(27)2)35-20-23-14-9-13-22-12-7-8-15-26(22)23;1-3-18-13-24(18,23(28)29)25-22(27)21-12-19(14-26(21)4-2)30-15-17-10-7-9-16-8-5-6-11-20(16)17;1-5-14-11-18(14,19-16(21)23-17(2,3)4)15(20)22-12-13-9-7-6-8-10-13;1-5-7-6-11(7,8(13)14)12-9(15)16-10(2,3)4/h5-16,25-26,28H,3-4,17-21H2,1-2H3,(H,32,34);4-15,24-25,27H,3,16-20H2,1-2H3,(H,31,33);5-11,18-19,21H,3-4,12-15H2,1-2H3,(H,25,27)(H,28,29);6-10,14H,5,11-12H2,1-4H3,(H,19,21);7H,5-6H2,1-4H3,(H,12,15)(H,13,14)/t25-,26+,28-,31+;24-,25+,27-,30+;18-,19+,21-,24+;;/m000../s1. The molecule has 28 nitrogen and oxygen atoms in total. The van der Waals surface area contributed by atoms with Crippen molar-refractivity contribution in [1.29, 1.82) is 0 Å². The molecule has 7 N–H and O–H groups in total. The number of carboxylic acid groups (broad SMARTS) is 2. The van der Waals surface area contributed by atoms with E-state index in [1.54, 1.807) is 41.5 Å². The number of benzene rings is 9. The molecule has 4 unspecified atom stereocenters. The molecule has 3 heterocycles. The second-order valence-corrected chi connectivity index (χ2v) is 41.0.